The van der Waals surface area contributed by atoms with Crippen LogP contribution in [0, 0.1) is 10.1 Å². The summed E-state index contributed by atoms with van der Waals surface area (Å²) < 4.78 is 2.13. The van der Waals surface area contributed by atoms with E-state index in [0.717, 1.165) is 18.0 Å². The molecule has 2 rings (SSSR count). The van der Waals surface area contributed by atoms with Crippen molar-refractivity contribution in [2.24, 2.45) is 0 Å². The van der Waals surface area contributed by atoms with Gasteiger partial charge in [0.25, 0.3) is 5.09 Å². The van der Waals surface area contributed by atoms with Gasteiger partial charge >= 0.3 is 0 Å². The molecule has 0 saturated carbocycles. The Kier molecular flexibility index (Phi) is 11.5. The maximum atomic E-state index is 8.36. The fourth-order valence-electron chi connectivity index (χ4n) is 3.00. The maximum Gasteiger partial charge on any atom is 0.291 e. The molecule has 0 fully saturated rings. The molecule has 1 aromatic heterocycles. The highest BCUT2D eigenvalue weighted by molar-refractivity contribution is 6.35. The van der Waals surface area contributed by atoms with Crippen LogP contribution >= 0.6 is 23.2 Å². The van der Waals surface area contributed by atoms with Crippen LogP contribution < -0.4 is 0 Å². The van der Waals surface area contributed by atoms with E-state index in [0.29, 0.717) is 10.9 Å². The number of aromatic nitrogens is 2. The minimum absolute atomic E-state index is 0.403. The van der Waals surface area contributed by atoms with Gasteiger partial charge in [-0.15, -0.1) is 10.1 Å². The number of nitrogens with zero attached hydrogens (tertiary/aromatic N) is 3. The Hall–Kier alpha value is -1.79. The van der Waals surface area contributed by atoms with Gasteiger partial charge in [-0.2, -0.15) is 0 Å². The lowest BCUT2D eigenvalue weighted by Crippen LogP contribution is -2.09. The van der Waals surface area contributed by atoms with E-state index >= 15 is 0 Å². The minimum atomic E-state index is -1.50. The van der Waals surface area contributed by atoms with Gasteiger partial charge in [-0.05, 0) is 24.1 Å². The molecule has 6 nitrogen and oxygen atoms in total. The molecule has 1 aromatic carbocycles. The lowest BCUT2D eigenvalue weighted by Gasteiger charge is -2.19. The Balaban J connectivity index is 0.000000828. The summed E-state index contributed by atoms with van der Waals surface area (Å²) in [5.74, 6) is 0.403. The Labute approximate surface area is 170 Å². The molecule has 150 valence electrons. The van der Waals surface area contributed by atoms with Crippen LogP contribution in [0.15, 0.2) is 36.9 Å². The molecular weight excluding hydrogens is 389 g/mol. The number of benzene rings is 1. The Morgan fingerprint density at radius 3 is 2.48 bits per heavy atom. The molecule has 0 aliphatic rings. The third-order valence-electron chi connectivity index (χ3n) is 4.30. The van der Waals surface area contributed by atoms with Crippen LogP contribution in [0.25, 0.3) is 0 Å². The molecule has 0 saturated heterocycles. The van der Waals surface area contributed by atoms with Gasteiger partial charge in [0, 0.05) is 34.9 Å². The third-order valence-corrected chi connectivity index (χ3v) is 4.86. The van der Waals surface area contributed by atoms with Crippen molar-refractivity contribution in [1.29, 1.82) is 0 Å². The van der Waals surface area contributed by atoms with E-state index in [4.69, 9.17) is 38.5 Å². The third kappa shape index (κ3) is 10.2. The lowest BCUT2D eigenvalue weighted by molar-refractivity contribution is -0.742. The summed E-state index contributed by atoms with van der Waals surface area (Å²) >= 11 is 12.5. The summed E-state index contributed by atoms with van der Waals surface area (Å²) in [5.41, 5.74) is 1.19. The van der Waals surface area contributed by atoms with Crippen LogP contribution in [0.3, 0.4) is 0 Å². The van der Waals surface area contributed by atoms with Crippen molar-refractivity contribution in [2.45, 2.75) is 64.3 Å². The first-order chi connectivity index (χ1) is 12.9. The molecule has 0 aliphatic heterocycles. The molecule has 1 unspecified atom stereocenters. The standard InChI is InChI=1S/C19H26Cl2N2.HNO3/c1-2-3-4-5-6-7-8-16(14-23-12-11-22-15-23)18-10-9-17(20)13-19(18)21;2-1(3)4/h9-13,15-16H,2-8,14H2,1H3;(H,2,3,4). The predicted octanol–water partition coefficient (Wildman–Crippen LogP) is 6.38. The van der Waals surface area contributed by atoms with Gasteiger partial charge in [0.15, 0.2) is 0 Å². The van der Waals surface area contributed by atoms with E-state index in [-0.39, 0.29) is 0 Å². The summed E-state index contributed by atoms with van der Waals surface area (Å²) in [6, 6.07) is 5.86. The Morgan fingerprint density at radius 1 is 1.22 bits per heavy atom. The number of rotatable bonds is 10. The van der Waals surface area contributed by atoms with Gasteiger partial charge in [0.05, 0.1) is 6.33 Å². The highest BCUT2D eigenvalue weighted by Gasteiger charge is 2.15. The monoisotopic (exact) mass is 415 g/mol. The zero-order valence-corrected chi connectivity index (χ0v) is 17.1. The van der Waals surface area contributed by atoms with Crippen LogP contribution in [0.2, 0.25) is 10.0 Å². The highest BCUT2D eigenvalue weighted by Crippen LogP contribution is 2.32. The molecule has 8 heteroatoms. The molecule has 0 amide bonds. The number of imidazole rings is 1. The van der Waals surface area contributed by atoms with Crippen molar-refractivity contribution in [1.82, 2.24) is 9.55 Å². The van der Waals surface area contributed by atoms with Crippen molar-refractivity contribution in [3.63, 3.8) is 0 Å². The molecule has 0 bridgehead atoms. The fourth-order valence-corrected chi connectivity index (χ4v) is 3.56. The first-order valence-electron chi connectivity index (χ1n) is 9.18. The van der Waals surface area contributed by atoms with Gasteiger partial charge < -0.3 is 9.77 Å². The number of halogens is 2. The van der Waals surface area contributed by atoms with Gasteiger partial charge in [0.1, 0.15) is 0 Å². The van der Waals surface area contributed by atoms with Crippen molar-refractivity contribution in [3.8, 4) is 0 Å². The second-order valence-electron chi connectivity index (χ2n) is 6.42. The first-order valence-corrected chi connectivity index (χ1v) is 9.93. The van der Waals surface area contributed by atoms with Crippen LogP contribution in [0.5, 0.6) is 0 Å². The van der Waals surface area contributed by atoms with E-state index in [1.807, 2.05) is 30.9 Å². The van der Waals surface area contributed by atoms with E-state index in [1.54, 1.807) is 0 Å². The van der Waals surface area contributed by atoms with Gasteiger partial charge in [0.2, 0.25) is 0 Å². The van der Waals surface area contributed by atoms with Gasteiger partial charge in [-0.3, -0.25) is 0 Å². The Bertz CT molecular complexity index is 662. The zero-order chi connectivity index (χ0) is 20.1. The number of hydrogen-bond acceptors (Lipinski definition) is 3. The second-order valence-corrected chi connectivity index (χ2v) is 7.26. The SMILES string of the molecule is CCCCCCCCC(Cn1ccnc1)c1ccc(Cl)cc1Cl.O=[N+]([O-])O. The minimum Gasteiger partial charge on any atom is -0.337 e. The van der Waals surface area contributed by atoms with E-state index in [1.165, 1.54) is 44.1 Å². The average Bonchev–Trinajstić information content (AvgIpc) is 3.10. The summed E-state index contributed by atoms with van der Waals surface area (Å²) in [5, 5.41) is 15.1. The van der Waals surface area contributed by atoms with Crippen LogP contribution in [-0.4, -0.2) is 19.8 Å². The molecule has 27 heavy (non-hydrogen) atoms. The quantitative estimate of drug-likeness (QED) is 0.277. The van der Waals surface area contributed by atoms with Gasteiger partial charge in [-0.1, -0.05) is 74.7 Å². The molecule has 0 radical (unpaired) electrons. The fraction of sp³-hybridized carbons (Fsp3) is 0.526. The second kappa shape index (κ2) is 13.4. The normalized spacial score (nSPS) is 11.5. The van der Waals surface area contributed by atoms with E-state index in [2.05, 4.69) is 22.5 Å². The summed E-state index contributed by atoms with van der Waals surface area (Å²) in [4.78, 5) is 12.5. The van der Waals surface area contributed by atoms with Crippen LogP contribution in [0.1, 0.15) is 63.4 Å². The van der Waals surface area contributed by atoms with Crippen molar-refractivity contribution >= 4 is 23.2 Å². The summed E-state index contributed by atoms with van der Waals surface area (Å²) in [6.07, 6.45) is 14.7. The van der Waals surface area contributed by atoms with Crippen molar-refractivity contribution in [3.05, 3.63) is 62.6 Å². The lowest BCUT2D eigenvalue weighted by atomic mass is 9.92. The van der Waals surface area contributed by atoms with E-state index in [9.17, 15) is 0 Å². The zero-order valence-electron chi connectivity index (χ0n) is 15.6. The molecule has 0 aliphatic carbocycles. The smallest absolute Gasteiger partial charge is 0.291 e. The van der Waals surface area contributed by atoms with Crippen LogP contribution in [0.4, 0.5) is 0 Å². The molecule has 0 spiro atoms. The molecule has 1 atom stereocenters. The summed E-state index contributed by atoms with van der Waals surface area (Å²) in [7, 11) is 0. The summed E-state index contributed by atoms with van der Waals surface area (Å²) in [6.45, 7) is 3.17. The van der Waals surface area contributed by atoms with Crippen molar-refractivity contribution < 1.29 is 10.3 Å². The molecule has 1 N–H and O–H groups in total. The first kappa shape index (κ1) is 23.2. The highest BCUT2D eigenvalue weighted by atomic mass is 35.5. The molecular formula is C19H27Cl2N3O3. The predicted molar refractivity (Wildman–Crippen MR) is 108 cm³/mol. The van der Waals surface area contributed by atoms with Crippen LogP contribution in [-0.2, 0) is 6.54 Å². The molecule has 2 aromatic rings. The Morgan fingerprint density at radius 2 is 1.89 bits per heavy atom. The number of hydrogen-bond donors (Lipinski definition) is 1. The van der Waals surface area contributed by atoms with Crippen molar-refractivity contribution in [2.75, 3.05) is 0 Å². The van der Waals surface area contributed by atoms with E-state index < -0.39 is 5.09 Å². The molecule has 1 heterocycles. The largest absolute Gasteiger partial charge is 0.337 e. The topological polar surface area (TPSA) is 81.2 Å². The number of unbranched alkanes of at least 4 members (excludes halogenated alkanes) is 5. The maximum absolute atomic E-state index is 8.36. The average molecular weight is 416 g/mol. The van der Waals surface area contributed by atoms with Gasteiger partial charge in [-0.25, -0.2) is 4.98 Å².